The van der Waals surface area contributed by atoms with E-state index in [1.54, 1.807) is 18.2 Å². The maximum atomic E-state index is 13.4. The minimum atomic E-state index is -3.90. The van der Waals surface area contributed by atoms with Gasteiger partial charge in [0, 0.05) is 51.1 Å². The summed E-state index contributed by atoms with van der Waals surface area (Å²) in [5, 5.41) is 3.30. The molecular weight excluding hydrogens is 474 g/mol. The largest absolute Gasteiger partial charge is 0.381 e. The van der Waals surface area contributed by atoms with Crippen LogP contribution in [0.3, 0.4) is 0 Å². The van der Waals surface area contributed by atoms with E-state index < -0.39 is 19.9 Å². The van der Waals surface area contributed by atoms with E-state index in [2.05, 4.69) is 14.9 Å². The molecule has 0 aliphatic carbocycles. The number of rotatable bonds is 7. The molecule has 0 unspecified atom stereocenters. The zero-order valence-corrected chi connectivity index (χ0v) is 21.3. The van der Waals surface area contributed by atoms with Gasteiger partial charge in [-0.05, 0) is 60.7 Å². The zero-order chi connectivity index (χ0) is 24.3. The summed E-state index contributed by atoms with van der Waals surface area (Å²) >= 11 is 0. The lowest BCUT2D eigenvalue weighted by atomic mass is 10.0. The zero-order valence-electron chi connectivity index (χ0n) is 19.7. The molecule has 0 amide bonds. The highest BCUT2D eigenvalue weighted by molar-refractivity contribution is 7.91. The molecule has 0 aromatic heterocycles. The number of hydrogen-bond donors (Lipinski definition) is 2. The van der Waals surface area contributed by atoms with Gasteiger partial charge in [-0.2, -0.15) is 0 Å². The van der Waals surface area contributed by atoms with E-state index in [9.17, 15) is 16.8 Å². The summed E-state index contributed by atoms with van der Waals surface area (Å²) in [5.74, 6) is -0.0867. The van der Waals surface area contributed by atoms with Gasteiger partial charge in [0.15, 0.2) is 0 Å². The fourth-order valence-electron chi connectivity index (χ4n) is 4.39. The lowest BCUT2D eigenvalue weighted by Gasteiger charge is -2.29. The van der Waals surface area contributed by atoms with E-state index in [4.69, 9.17) is 4.74 Å². The van der Waals surface area contributed by atoms with Gasteiger partial charge >= 0.3 is 0 Å². The third-order valence-corrected chi connectivity index (χ3v) is 9.72. The second-order valence-electron chi connectivity index (χ2n) is 9.10. The van der Waals surface area contributed by atoms with E-state index in [1.165, 1.54) is 12.1 Å². The summed E-state index contributed by atoms with van der Waals surface area (Å²) in [5.41, 5.74) is 1.56. The molecule has 0 bridgehead atoms. The van der Waals surface area contributed by atoms with Gasteiger partial charge in [0.2, 0.25) is 19.9 Å². The van der Waals surface area contributed by atoms with Crippen molar-refractivity contribution in [1.29, 1.82) is 0 Å². The SMILES string of the molecule is CC(C)c1ccc(S(=O)(=O)c2ccc(N3CCNCC3)cc2)cc1S(=O)(=O)NC1CCOCC1. The van der Waals surface area contributed by atoms with Crippen LogP contribution in [0.15, 0.2) is 57.2 Å². The van der Waals surface area contributed by atoms with Crippen molar-refractivity contribution >= 4 is 25.5 Å². The van der Waals surface area contributed by atoms with Crippen molar-refractivity contribution in [2.75, 3.05) is 44.3 Å². The topological polar surface area (TPSA) is 105 Å². The highest BCUT2D eigenvalue weighted by atomic mass is 32.2. The fourth-order valence-corrected chi connectivity index (χ4v) is 7.44. The number of anilines is 1. The van der Waals surface area contributed by atoms with Gasteiger partial charge in [-0.25, -0.2) is 21.6 Å². The minimum absolute atomic E-state index is 0.0208. The first-order chi connectivity index (χ1) is 16.2. The smallest absolute Gasteiger partial charge is 0.241 e. The summed E-state index contributed by atoms with van der Waals surface area (Å²) < 4.78 is 61.5. The van der Waals surface area contributed by atoms with Crippen LogP contribution in [-0.2, 0) is 24.6 Å². The lowest BCUT2D eigenvalue weighted by molar-refractivity contribution is 0.0832. The fraction of sp³-hybridized carbons (Fsp3) is 0.500. The highest BCUT2D eigenvalue weighted by Gasteiger charge is 2.28. The monoisotopic (exact) mass is 507 g/mol. The first-order valence-electron chi connectivity index (χ1n) is 11.7. The van der Waals surface area contributed by atoms with Gasteiger partial charge in [0.1, 0.15) is 0 Å². The van der Waals surface area contributed by atoms with Gasteiger partial charge in [-0.1, -0.05) is 19.9 Å². The Labute approximate surface area is 202 Å². The Morgan fingerprint density at radius 2 is 1.56 bits per heavy atom. The van der Waals surface area contributed by atoms with Crippen molar-refractivity contribution < 1.29 is 21.6 Å². The predicted octanol–water partition coefficient (Wildman–Crippen LogP) is 2.51. The number of benzene rings is 2. The Morgan fingerprint density at radius 3 is 2.18 bits per heavy atom. The number of ether oxygens (including phenoxy) is 1. The van der Waals surface area contributed by atoms with Crippen molar-refractivity contribution in [2.24, 2.45) is 0 Å². The first kappa shape index (κ1) is 25.1. The molecule has 34 heavy (non-hydrogen) atoms. The van der Waals surface area contributed by atoms with Crippen LogP contribution in [0.1, 0.15) is 38.2 Å². The van der Waals surface area contributed by atoms with Crippen molar-refractivity contribution in [1.82, 2.24) is 10.0 Å². The molecule has 2 aromatic rings. The third kappa shape index (κ3) is 5.46. The van der Waals surface area contributed by atoms with Crippen LogP contribution in [-0.4, -0.2) is 62.3 Å². The average Bonchev–Trinajstić information content (AvgIpc) is 2.84. The maximum Gasteiger partial charge on any atom is 0.241 e. The molecule has 2 saturated heterocycles. The quantitative estimate of drug-likeness (QED) is 0.593. The van der Waals surface area contributed by atoms with Crippen LogP contribution >= 0.6 is 0 Å². The summed E-state index contributed by atoms with van der Waals surface area (Å²) in [6, 6.07) is 11.0. The van der Waals surface area contributed by atoms with E-state index in [1.807, 2.05) is 26.0 Å². The molecule has 186 valence electrons. The first-order valence-corrected chi connectivity index (χ1v) is 14.7. The molecule has 4 rings (SSSR count). The van der Waals surface area contributed by atoms with Crippen molar-refractivity contribution in [2.45, 2.75) is 53.3 Å². The average molecular weight is 508 g/mol. The van der Waals surface area contributed by atoms with E-state index in [0.29, 0.717) is 31.6 Å². The second-order valence-corrected chi connectivity index (χ2v) is 12.7. The molecule has 0 saturated carbocycles. The molecule has 0 atom stereocenters. The molecule has 10 heteroatoms. The molecule has 2 heterocycles. The van der Waals surface area contributed by atoms with Crippen molar-refractivity contribution in [3.05, 3.63) is 48.0 Å². The maximum absolute atomic E-state index is 13.4. The summed E-state index contributed by atoms with van der Waals surface area (Å²) in [6.45, 7) is 8.31. The van der Waals surface area contributed by atoms with E-state index in [-0.39, 0.29) is 26.6 Å². The Hall–Kier alpha value is -1.98. The highest BCUT2D eigenvalue weighted by Crippen LogP contribution is 2.30. The van der Waals surface area contributed by atoms with Crippen LogP contribution in [0.5, 0.6) is 0 Å². The third-order valence-electron chi connectivity index (χ3n) is 6.38. The lowest BCUT2D eigenvalue weighted by Crippen LogP contribution is -2.43. The Balaban J connectivity index is 1.65. The Bertz CT molecular complexity index is 1200. The molecule has 0 spiro atoms. The summed E-state index contributed by atoms with van der Waals surface area (Å²) in [4.78, 5) is 2.34. The Morgan fingerprint density at radius 1 is 0.941 bits per heavy atom. The standard InChI is InChI=1S/C24H33N3O5S2/c1-18(2)23-8-7-22(17-24(23)34(30,31)26-19-9-15-32-16-10-19)33(28,29)21-5-3-20(4-6-21)27-13-11-25-12-14-27/h3-8,17-19,25-26H,9-16H2,1-2H3. The van der Waals surface area contributed by atoms with Gasteiger partial charge in [-0.15, -0.1) is 0 Å². The number of piperazine rings is 1. The number of hydrogen-bond acceptors (Lipinski definition) is 7. The van der Waals surface area contributed by atoms with Crippen molar-refractivity contribution in [3.63, 3.8) is 0 Å². The molecule has 2 aromatic carbocycles. The number of nitrogens with one attached hydrogen (secondary N) is 2. The van der Waals surface area contributed by atoms with Crippen LogP contribution in [0.25, 0.3) is 0 Å². The van der Waals surface area contributed by atoms with Crippen LogP contribution in [0.4, 0.5) is 5.69 Å². The van der Waals surface area contributed by atoms with Crippen LogP contribution in [0, 0.1) is 0 Å². The molecule has 2 N–H and O–H groups in total. The van der Waals surface area contributed by atoms with E-state index >= 15 is 0 Å². The van der Waals surface area contributed by atoms with Gasteiger partial charge in [-0.3, -0.25) is 0 Å². The number of sulfone groups is 1. The van der Waals surface area contributed by atoms with Crippen molar-refractivity contribution in [3.8, 4) is 0 Å². The minimum Gasteiger partial charge on any atom is -0.381 e. The Kier molecular flexibility index (Phi) is 7.63. The predicted molar refractivity (Wildman–Crippen MR) is 132 cm³/mol. The van der Waals surface area contributed by atoms with E-state index in [0.717, 1.165) is 31.9 Å². The molecule has 2 aliphatic rings. The normalized spacial score (nSPS) is 18.4. The van der Waals surface area contributed by atoms with Gasteiger partial charge in [0.05, 0.1) is 14.7 Å². The van der Waals surface area contributed by atoms with Gasteiger partial charge < -0.3 is 15.0 Å². The summed E-state index contributed by atoms with van der Waals surface area (Å²) in [6.07, 6.45) is 1.18. The number of nitrogens with zero attached hydrogens (tertiary/aromatic N) is 1. The number of sulfonamides is 1. The molecule has 2 aliphatic heterocycles. The second kappa shape index (κ2) is 10.3. The van der Waals surface area contributed by atoms with Gasteiger partial charge in [0.25, 0.3) is 0 Å². The molecule has 8 nitrogen and oxygen atoms in total. The van der Waals surface area contributed by atoms with Crippen LogP contribution < -0.4 is 14.9 Å². The molecule has 2 fully saturated rings. The molecular formula is C24H33N3O5S2. The summed E-state index contributed by atoms with van der Waals surface area (Å²) in [7, 11) is -7.79. The van der Waals surface area contributed by atoms with Crippen LogP contribution in [0.2, 0.25) is 0 Å². The molecule has 0 radical (unpaired) electrons.